The number of aryl methyl sites for hydroxylation is 2. The quantitative estimate of drug-likeness (QED) is 0.874. The highest BCUT2D eigenvalue weighted by Gasteiger charge is 2.37. The van der Waals surface area contributed by atoms with Gasteiger partial charge in [0.2, 0.25) is 0 Å². The van der Waals surface area contributed by atoms with Gasteiger partial charge in [-0.1, -0.05) is 19.9 Å². The molecule has 2 atom stereocenters. The predicted molar refractivity (Wildman–Crippen MR) is 86.9 cm³/mol. The standard InChI is InChI=1S/C18H29NO2/c1-13(2)19-18(12-20)7-5-6-16(11-18)21-17-9-14(3)8-15(4)10-17/h8-10,13,16,19-20H,5-7,11-12H2,1-4H3. The second kappa shape index (κ2) is 6.80. The molecule has 0 bridgehead atoms. The van der Waals surface area contributed by atoms with Crippen molar-refractivity contribution >= 4 is 0 Å². The minimum Gasteiger partial charge on any atom is -0.490 e. The Balaban J connectivity index is 2.06. The summed E-state index contributed by atoms with van der Waals surface area (Å²) in [5.74, 6) is 0.954. The molecular weight excluding hydrogens is 262 g/mol. The summed E-state index contributed by atoms with van der Waals surface area (Å²) in [5, 5.41) is 13.4. The Morgan fingerprint density at radius 2 is 1.95 bits per heavy atom. The van der Waals surface area contributed by atoms with Crippen LogP contribution in [0.5, 0.6) is 5.75 Å². The van der Waals surface area contributed by atoms with Crippen molar-refractivity contribution in [3.05, 3.63) is 29.3 Å². The molecular formula is C18H29NO2. The third-order valence-corrected chi connectivity index (χ3v) is 4.20. The normalized spacial score (nSPS) is 26.1. The number of hydrogen-bond acceptors (Lipinski definition) is 3. The van der Waals surface area contributed by atoms with E-state index >= 15 is 0 Å². The minimum absolute atomic E-state index is 0.178. The lowest BCUT2D eigenvalue weighted by molar-refractivity contribution is 0.0461. The van der Waals surface area contributed by atoms with Crippen LogP contribution in [-0.2, 0) is 0 Å². The fraction of sp³-hybridized carbons (Fsp3) is 0.667. The summed E-state index contributed by atoms with van der Waals surface area (Å²) in [6.45, 7) is 8.63. The molecule has 2 rings (SSSR count). The molecule has 0 spiro atoms. The first kappa shape index (κ1) is 16.3. The summed E-state index contributed by atoms with van der Waals surface area (Å²) in [6, 6.07) is 6.72. The van der Waals surface area contributed by atoms with Gasteiger partial charge >= 0.3 is 0 Å². The van der Waals surface area contributed by atoms with E-state index in [1.165, 1.54) is 11.1 Å². The highest BCUT2D eigenvalue weighted by atomic mass is 16.5. The lowest BCUT2D eigenvalue weighted by Crippen LogP contribution is -2.55. The van der Waals surface area contributed by atoms with E-state index in [2.05, 4.69) is 51.2 Å². The summed E-state index contributed by atoms with van der Waals surface area (Å²) in [6.07, 6.45) is 4.23. The molecule has 1 aliphatic carbocycles. The van der Waals surface area contributed by atoms with Gasteiger partial charge in [-0.2, -0.15) is 0 Å². The monoisotopic (exact) mass is 291 g/mol. The first-order valence-electron chi connectivity index (χ1n) is 8.06. The molecule has 0 saturated heterocycles. The molecule has 21 heavy (non-hydrogen) atoms. The van der Waals surface area contributed by atoms with E-state index in [0.717, 1.165) is 31.4 Å². The van der Waals surface area contributed by atoms with Crippen molar-refractivity contribution < 1.29 is 9.84 Å². The van der Waals surface area contributed by atoms with Gasteiger partial charge in [-0.15, -0.1) is 0 Å². The van der Waals surface area contributed by atoms with E-state index in [0.29, 0.717) is 6.04 Å². The zero-order chi connectivity index (χ0) is 15.5. The fourth-order valence-corrected chi connectivity index (χ4v) is 3.53. The van der Waals surface area contributed by atoms with Crippen molar-refractivity contribution in [3.63, 3.8) is 0 Å². The number of nitrogens with one attached hydrogen (secondary N) is 1. The first-order valence-corrected chi connectivity index (χ1v) is 8.06. The van der Waals surface area contributed by atoms with E-state index in [1.807, 2.05) is 0 Å². The Bertz CT molecular complexity index is 452. The van der Waals surface area contributed by atoms with Crippen LogP contribution in [0.25, 0.3) is 0 Å². The van der Waals surface area contributed by atoms with Crippen molar-refractivity contribution in [2.24, 2.45) is 0 Å². The van der Waals surface area contributed by atoms with Crippen LogP contribution >= 0.6 is 0 Å². The number of ether oxygens (including phenoxy) is 1. The number of aliphatic hydroxyl groups excluding tert-OH is 1. The summed E-state index contributed by atoms with van der Waals surface area (Å²) in [7, 11) is 0. The minimum atomic E-state index is -0.185. The molecule has 0 heterocycles. The summed E-state index contributed by atoms with van der Waals surface area (Å²) < 4.78 is 6.20. The molecule has 1 fully saturated rings. The Morgan fingerprint density at radius 3 is 2.52 bits per heavy atom. The molecule has 2 unspecified atom stereocenters. The maximum atomic E-state index is 9.84. The van der Waals surface area contributed by atoms with Crippen LogP contribution in [0.1, 0.15) is 50.7 Å². The molecule has 1 saturated carbocycles. The highest BCUT2D eigenvalue weighted by molar-refractivity contribution is 5.33. The van der Waals surface area contributed by atoms with Crippen LogP contribution in [0.2, 0.25) is 0 Å². The average Bonchev–Trinajstić information content (AvgIpc) is 2.37. The Hall–Kier alpha value is -1.06. The van der Waals surface area contributed by atoms with Crippen molar-refractivity contribution in [2.45, 2.75) is 71.1 Å². The Morgan fingerprint density at radius 1 is 1.29 bits per heavy atom. The van der Waals surface area contributed by atoms with E-state index in [1.54, 1.807) is 0 Å². The molecule has 0 radical (unpaired) electrons. The van der Waals surface area contributed by atoms with E-state index < -0.39 is 0 Å². The molecule has 3 heteroatoms. The molecule has 3 nitrogen and oxygen atoms in total. The number of benzene rings is 1. The van der Waals surface area contributed by atoms with Crippen LogP contribution < -0.4 is 10.1 Å². The topological polar surface area (TPSA) is 41.5 Å². The number of hydrogen-bond donors (Lipinski definition) is 2. The summed E-state index contributed by atoms with van der Waals surface area (Å²) in [4.78, 5) is 0. The van der Waals surface area contributed by atoms with E-state index in [-0.39, 0.29) is 18.2 Å². The van der Waals surface area contributed by atoms with E-state index in [9.17, 15) is 5.11 Å². The smallest absolute Gasteiger partial charge is 0.120 e. The zero-order valence-electron chi connectivity index (χ0n) is 13.8. The van der Waals surface area contributed by atoms with Crippen LogP contribution in [0.3, 0.4) is 0 Å². The van der Waals surface area contributed by atoms with Gasteiger partial charge in [0.1, 0.15) is 11.9 Å². The van der Waals surface area contributed by atoms with Crippen LogP contribution in [0.4, 0.5) is 0 Å². The second-order valence-electron chi connectivity index (χ2n) is 6.90. The molecule has 118 valence electrons. The second-order valence-corrected chi connectivity index (χ2v) is 6.90. The van der Waals surface area contributed by atoms with Crippen LogP contribution in [0, 0.1) is 13.8 Å². The fourth-order valence-electron chi connectivity index (χ4n) is 3.53. The van der Waals surface area contributed by atoms with Gasteiger partial charge in [0, 0.05) is 18.0 Å². The Labute approximate surface area is 128 Å². The lowest BCUT2D eigenvalue weighted by Gasteiger charge is -2.41. The molecule has 0 aromatic heterocycles. The van der Waals surface area contributed by atoms with Gasteiger partial charge in [0.15, 0.2) is 0 Å². The van der Waals surface area contributed by atoms with Crippen molar-refractivity contribution in [1.29, 1.82) is 0 Å². The maximum Gasteiger partial charge on any atom is 0.120 e. The molecule has 1 aliphatic rings. The number of rotatable bonds is 5. The first-order chi connectivity index (χ1) is 9.92. The third kappa shape index (κ3) is 4.45. The largest absolute Gasteiger partial charge is 0.490 e. The van der Waals surface area contributed by atoms with Gasteiger partial charge in [0.25, 0.3) is 0 Å². The van der Waals surface area contributed by atoms with E-state index in [4.69, 9.17) is 4.74 Å². The SMILES string of the molecule is Cc1cc(C)cc(OC2CCCC(CO)(NC(C)C)C2)c1. The van der Waals surface area contributed by atoms with Gasteiger partial charge < -0.3 is 15.2 Å². The third-order valence-electron chi connectivity index (χ3n) is 4.20. The van der Waals surface area contributed by atoms with Gasteiger partial charge in [-0.05, 0) is 56.4 Å². The summed E-state index contributed by atoms with van der Waals surface area (Å²) >= 11 is 0. The van der Waals surface area contributed by atoms with Crippen LogP contribution in [-0.4, -0.2) is 29.4 Å². The molecule has 2 N–H and O–H groups in total. The predicted octanol–water partition coefficient (Wildman–Crippen LogP) is 3.35. The molecule has 0 amide bonds. The van der Waals surface area contributed by atoms with Crippen molar-refractivity contribution in [1.82, 2.24) is 5.32 Å². The number of aliphatic hydroxyl groups is 1. The molecule has 0 aliphatic heterocycles. The van der Waals surface area contributed by atoms with Crippen molar-refractivity contribution in [2.75, 3.05) is 6.61 Å². The maximum absolute atomic E-state index is 9.84. The zero-order valence-corrected chi connectivity index (χ0v) is 13.8. The Kier molecular flexibility index (Phi) is 5.28. The molecule has 1 aromatic rings. The van der Waals surface area contributed by atoms with Crippen molar-refractivity contribution in [3.8, 4) is 5.75 Å². The van der Waals surface area contributed by atoms with Gasteiger partial charge in [0.05, 0.1) is 6.61 Å². The average molecular weight is 291 g/mol. The van der Waals surface area contributed by atoms with Crippen LogP contribution in [0.15, 0.2) is 18.2 Å². The molecule has 1 aromatic carbocycles. The summed E-state index contributed by atoms with van der Waals surface area (Å²) in [5.41, 5.74) is 2.28. The van der Waals surface area contributed by atoms with Gasteiger partial charge in [-0.25, -0.2) is 0 Å². The highest BCUT2D eigenvalue weighted by Crippen LogP contribution is 2.32. The van der Waals surface area contributed by atoms with Gasteiger partial charge in [-0.3, -0.25) is 0 Å². The lowest BCUT2D eigenvalue weighted by atomic mass is 9.80.